The summed E-state index contributed by atoms with van der Waals surface area (Å²) in [5.41, 5.74) is 3.27. The second-order valence-corrected chi connectivity index (χ2v) is 7.16. The van der Waals surface area contributed by atoms with E-state index in [0.29, 0.717) is 29.4 Å². The van der Waals surface area contributed by atoms with E-state index in [1.165, 1.54) is 18.5 Å². The molecule has 28 heavy (non-hydrogen) atoms. The predicted octanol–water partition coefficient (Wildman–Crippen LogP) is 3.07. The van der Waals surface area contributed by atoms with E-state index < -0.39 is 6.61 Å². The summed E-state index contributed by atoms with van der Waals surface area (Å²) in [5, 5.41) is 5.51. The maximum atomic E-state index is 12.3. The van der Waals surface area contributed by atoms with Crippen LogP contribution >= 0.6 is 0 Å². The highest BCUT2D eigenvalue weighted by Crippen LogP contribution is 2.25. The van der Waals surface area contributed by atoms with E-state index in [9.17, 15) is 8.78 Å². The molecule has 2 N–H and O–H groups in total. The molecule has 152 valence electrons. The van der Waals surface area contributed by atoms with E-state index in [4.69, 9.17) is 4.74 Å². The number of piperidine rings is 1. The number of alkyl halides is 2. The molecule has 0 bridgehead atoms. The van der Waals surface area contributed by atoms with Gasteiger partial charge in [0, 0.05) is 31.3 Å². The smallest absolute Gasteiger partial charge is 0.388 e. The van der Waals surface area contributed by atoms with Gasteiger partial charge in [0.1, 0.15) is 6.10 Å². The lowest BCUT2D eigenvalue weighted by atomic mass is 9.91. The molecule has 0 unspecified atom stereocenters. The van der Waals surface area contributed by atoms with Gasteiger partial charge in [0.15, 0.2) is 11.7 Å². The van der Waals surface area contributed by atoms with Crippen LogP contribution in [0.3, 0.4) is 0 Å². The number of anilines is 1. The fourth-order valence-corrected chi connectivity index (χ4v) is 3.38. The number of nitrogens with zero attached hydrogens (tertiary/aromatic N) is 3. The van der Waals surface area contributed by atoms with Crippen molar-refractivity contribution in [2.45, 2.75) is 45.4 Å². The normalized spacial score (nSPS) is 22.5. The van der Waals surface area contributed by atoms with E-state index >= 15 is 0 Å². The predicted molar refractivity (Wildman–Crippen MR) is 100 cm³/mol. The van der Waals surface area contributed by atoms with Gasteiger partial charge in [-0.15, -0.1) is 0 Å². The molecular formula is C19H25F2N5O2. The number of aromatic nitrogens is 2. The Bertz CT molecular complexity index is 777. The molecule has 1 aromatic heterocycles. The topological polar surface area (TPSA) is 71.5 Å². The summed E-state index contributed by atoms with van der Waals surface area (Å²) >= 11 is 0. The number of hydrogen-bond acceptors (Lipinski definition) is 7. The molecule has 2 atom stereocenters. The Labute approximate surface area is 163 Å². The SMILES string of the molecule is CC(C)[C@H]1C[C@H](Oc2cncc(NC3=C=CNC(OC(F)F)=C3)n2)CCN1C. The molecule has 0 aliphatic carbocycles. The van der Waals surface area contributed by atoms with Gasteiger partial charge >= 0.3 is 6.61 Å². The minimum atomic E-state index is -2.91. The minimum absolute atomic E-state index is 0.0806. The van der Waals surface area contributed by atoms with Crippen LogP contribution in [0, 0.1) is 5.92 Å². The zero-order chi connectivity index (χ0) is 20.1. The van der Waals surface area contributed by atoms with Crippen molar-refractivity contribution in [3.05, 3.63) is 42.0 Å². The van der Waals surface area contributed by atoms with Crippen LogP contribution in [0.4, 0.5) is 14.6 Å². The van der Waals surface area contributed by atoms with E-state index in [-0.39, 0.29) is 12.0 Å². The van der Waals surface area contributed by atoms with E-state index in [1.54, 1.807) is 6.20 Å². The summed E-state index contributed by atoms with van der Waals surface area (Å²) in [6.07, 6.45) is 7.78. The molecule has 2 aliphatic heterocycles. The summed E-state index contributed by atoms with van der Waals surface area (Å²) in [7, 11) is 2.14. The van der Waals surface area contributed by atoms with Crippen molar-refractivity contribution >= 4 is 5.82 Å². The first-order chi connectivity index (χ1) is 13.4. The number of allylic oxidation sites excluding steroid dienone is 1. The second-order valence-electron chi connectivity index (χ2n) is 7.16. The van der Waals surface area contributed by atoms with E-state index in [2.05, 4.69) is 56.9 Å². The Morgan fingerprint density at radius 2 is 2.18 bits per heavy atom. The van der Waals surface area contributed by atoms with Crippen LogP contribution in [0.5, 0.6) is 5.88 Å². The quantitative estimate of drug-likeness (QED) is 0.690. The lowest BCUT2D eigenvalue weighted by Gasteiger charge is -2.39. The molecule has 3 heterocycles. The van der Waals surface area contributed by atoms with Gasteiger partial charge in [0.25, 0.3) is 0 Å². The molecule has 7 nitrogen and oxygen atoms in total. The van der Waals surface area contributed by atoms with Gasteiger partial charge < -0.3 is 25.0 Å². The highest BCUT2D eigenvalue weighted by Gasteiger charge is 2.29. The fraction of sp³-hybridized carbons (Fsp3) is 0.526. The van der Waals surface area contributed by atoms with Gasteiger partial charge in [0.05, 0.1) is 18.1 Å². The van der Waals surface area contributed by atoms with Crippen LogP contribution < -0.4 is 15.4 Å². The van der Waals surface area contributed by atoms with Gasteiger partial charge in [-0.3, -0.25) is 4.98 Å². The highest BCUT2D eigenvalue weighted by molar-refractivity contribution is 5.45. The van der Waals surface area contributed by atoms with Crippen molar-refractivity contribution in [1.29, 1.82) is 0 Å². The van der Waals surface area contributed by atoms with Crippen LogP contribution in [0.2, 0.25) is 0 Å². The number of ether oxygens (including phenoxy) is 2. The molecule has 1 fully saturated rings. The van der Waals surface area contributed by atoms with Crippen LogP contribution in [-0.2, 0) is 4.74 Å². The summed E-state index contributed by atoms with van der Waals surface area (Å²) in [5.74, 6) is 1.32. The lowest BCUT2D eigenvalue weighted by molar-refractivity contribution is -0.100. The first kappa shape index (κ1) is 20.1. The zero-order valence-electron chi connectivity index (χ0n) is 16.2. The number of hydrogen-bond donors (Lipinski definition) is 2. The molecule has 0 aromatic carbocycles. The van der Waals surface area contributed by atoms with Gasteiger partial charge in [-0.2, -0.15) is 13.8 Å². The number of nitrogens with one attached hydrogen (secondary N) is 2. The third-order valence-corrected chi connectivity index (χ3v) is 4.74. The Balaban J connectivity index is 1.63. The third-order valence-electron chi connectivity index (χ3n) is 4.74. The summed E-state index contributed by atoms with van der Waals surface area (Å²) in [4.78, 5) is 10.9. The molecule has 0 radical (unpaired) electrons. The van der Waals surface area contributed by atoms with Gasteiger partial charge in [-0.25, -0.2) is 0 Å². The van der Waals surface area contributed by atoms with Crippen LogP contribution in [0.1, 0.15) is 26.7 Å². The Morgan fingerprint density at radius 3 is 2.93 bits per heavy atom. The van der Waals surface area contributed by atoms with Gasteiger partial charge in [0.2, 0.25) is 5.88 Å². The van der Waals surface area contributed by atoms with Crippen molar-refractivity contribution in [3.8, 4) is 5.88 Å². The fourth-order valence-electron chi connectivity index (χ4n) is 3.38. The van der Waals surface area contributed by atoms with Crippen molar-refractivity contribution < 1.29 is 18.3 Å². The molecule has 2 aliphatic rings. The van der Waals surface area contributed by atoms with Crippen molar-refractivity contribution in [2.75, 3.05) is 18.9 Å². The van der Waals surface area contributed by atoms with Crippen LogP contribution in [0.25, 0.3) is 0 Å². The average molecular weight is 393 g/mol. The first-order valence-electron chi connectivity index (χ1n) is 9.25. The monoisotopic (exact) mass is 393 g/mol. The maximum absolute atomic E-state index is 12.3. The number of likely N-dealkylation sites (tertiary alicyclic amines) is 1. The van der Waals surface area contributed by atoms with Crippen molar-refractivity contribution in [1.82, 2.24) is 20.2 Å². The third kappa shape index (κ3) is 5.43. The molecule has 0 spiro atoms. The maximum Gasteiger partial charge on any atom is 0.388 e. The van der Waals surface area contributed by atoms with Crippen LogP contribution in [-0.4, -0.2) is 47.2 Å². The molecule has 1 saturated heterocycles. The second kappa shape index (κ2) is 9.03. The number of rotatable bonds is 7. The summed E-state index contributed by atoms with van der Waals surface area (Å²) in [6, 6.07) is 0.469. The average Bonchev–Trinajstić information content (AvgIpc) is 2.63. The Morgan fingerprint density at radius 1 is 1.36 bits per heavy atom. The molecule has 3 rings (SSSR count). The summed E-state index contributed by atoms with van der Waals surface area (Å²) in [6.45, 7) is 2.50. The molecule has 0 saturated carbocycles. The molecular weight excluding hydrogens is 368 g/mol. The first-order valence-corrected chi connectivity index (χ1v) is 9.25. The zero-order valence-corrected chi connectivity index (χ0v) is 16.2. The molecule has 9 heteroatoms. The van der Waals surface area contributed by atoms with Gasteiger partial charge in [-0.05, 0) is 19.4 Å². The van der Waals surface area contributed by atoms with E-state index in [1.807, 2.05) is 0 Å². The van der Waals surface area contributed by atoms with Crippen LogP contribution in [0.15, 0.2) is 42.0 Å². The van der Waals surface area contributed by atoms with Gasteiger partial charge in [-0.1, -0.05) is 19.6 Å². The van der Waals surface area contributed by atoms with E-state index in [0.717, 1.165) is 19.4 Å². The minimum Gasteiger partial charge on any atom is -0.473 e. The molecule has 0 amide bonds. The lowest BCUT2D eigenvalue weighted by Crippen LogP contribution is -2.46. The summed E-state index contributed by atoms with van der Waals surface area (Å²) < 4.78 is 35.1. The Hall–Kier alpha value is -2.64. The largest absolute Gasteiger partial charge is 0.473 e. The Kier molecular flexibility index (Phi) is 6.49. The van der Waals surface area contributed by atoms with Crippen molar-refractivity contribution in [2.24, 2.45) is 5.92 Å². The number of halogens is 2. The van der Waals surface area contributed by atoms with Crippen molar-refractivity contribution in [3.63, 3.8) is 0 Å². The highest BCUT2D eigenvalue weighted by atomic mass is 19.3. The standard InChI is InChI=1S/C19H25F2N5O2/c1-12(2)15-9-14(5-7-26(15)3)27-18-11-22-10-16(25-18)24-13-4-6-23-17(8-13)28-19(20)21/h6,8,10-12,14-15,19,23H,5,7,9H2,1-3H3,(H,24,25)/t14-,15-/m1/s1. The molecule has 1 aromatic rings.